The van der Waals surface area contributed by atoms with Gasteiger partial charge in [-0.1, -0.05) is 6.07 Å². The van der Waals surface area contributed by atoms with Crippen molar-refractivity contribution in [1.29, 1.82) is 0 Å². The van der Waals surface area contributed by atoms with Gasteiger partial charge in [0.2, 0.25) is 0 Å². The van der Waals surface area contributed by atoms with Crippen LogP contribution in [0.5, 0.6) is 11.8 Å². The number of rotatable bonds is 3. The lowest BCUT2D eigenvalue weighted by atomic mass is 10.2. The average Bonchev–Trinajstić information content (AvgIpc) is 2.49. The molecule has 5 nitrogen and oxygen atoms in total. The van der Waals surface area contributed by atoms with Crippen LogP contribution in [0.1, 0.15) is 0 Å². The molecule has 0 unspecified atom stereocenters. The summed E-state index contributed by atoms with van der Waals surface area (Å²) >= 11 is 0. The normalized spacial score (nSPS) is 10.2. The molecule has 1 aromatic carbocycles. The van der Waals surface area contributed by atoms with Crippen molar-refractivity contribution < 1.29 is 9.13 Å². The Balaban J connectivity index is 1.80. The predicted octanol–water partition coefficient (Wildman–Crippen LogP) is 2.87. The minimum Gasteiger partial charge on any atom is -0.424 e. The van der Waals surface area contributed by atoms with E-state index in [2.05, 4.69) is 20.2 Å². The van der Waals surface area contributed by atoms with Gasteiger partial charge in [0.25, 0.3) is 0 Å². The Bertz CT molecular complexity index is 704. The van der Waals surface area contributed by atoms with Crippen LogP contribution < -0.4 is 4.74 Å². The molecule has 0 spiro atoms. The van der Waals surface area contributed by atoms with Crippen molar-refractivity contribution in [3.8, 4) is 22.9 Å². The first-order valence-electron chi connectivity index (χ1n) is 5.84. The van der Waals surface area contributed by atoms with Crippen LogP contribution in [-0.2, 0) is 0 Å². The second kappa shape index (κ2) is 5.40. The zero-order valence-electron chi connectivity index (χ0n) is 10.3. The van der Waals surface area contributed by atoms with E-state index in [0.29, 0.717) is 5.75 Å². The first-order chi connectivity index (χ1) is 9.81. The van der Waals surface area contributed by atoms with Crippen molar-refractivity contribution in [1.82, 2.24) is 20.2 Å². The maximum absolute atomic E-state index is 13.0. The summed E-state index contributed by atoms with van der Waals surface area (Å²) in [5, 5.41) is 7.48. The highest BCUT2D eigenvalue weighted by Gasteiger charge is 2.03. The lowest BCUT2D eigenvalue weighted by molar-refractivity contribution is 0.438. The van der Waals surface area contributed by atoms with Crippen LogP contribution >= 0.6 is 0 Å². The van der Waals surface area contributed by atoms with Crippen molar-refractivity contribution >= 4 is 0 Å². The van der Waals surface area contributed by atoms with E-state index in [1.54, 1.807) is 43.0 Å². The van der Waals surface area contributed by atoms with Gasteiger partial charge in [-0.2, -0.15) is 10.2 Å². The lowest BCUT2D eigenvalue weighted by Crippen LogP contribution is -1.92. The molecule has 20 heavy (non-hydrogen) atoms. The van der Waals surface area contributed by atoms with Crippen LogP contribution in [-0.4, -0.2) is 20.2 Å². The maximum Gasteiger partial charge on any atom is 0.321 e. The molecule has 0 bridgehead atoms. The van der Waals surface area contributed by atoms with Gasteiger partial charge in [-0.05, 0) is 18.2 Å². The Kier molecular flexibility index (Phi) is 3.28. The summed E-state index contributed by atoms with van der Waals surface area (Å²) < 4.78 is 18.4. The van der Waals surface area contributed by atoms with Crippen LogP contribution in [0.4, 0.5) is 4.39 Å². The van der Waals surface area contributed by atoms with E-state index in [-0.39, 0.29) is 11.8 Å². The SMILES string of the molecule is Fc1cccc(Oc2ncc(-c3ccnnc3)cn2)c1. The van der Waals surface area contributed by atoms with E-state index in [1.165, 1.54) is 12.1 Å². The van der Waals surface area contributed by atoms with Crippen LogP contribution in [0, 0.1) is 5.82 Å². The van der Waals surface area contributed by atoms with Gasteiger partial charge in [0.15, 0.2) is 0 Å². The molecule has 0 saturated carbocycles. The van der Waals surface area contributed by atoms with E-state index >= 15 is 0 Å². The van der Waals surface area contributed by atoms with E-state index < -0.39 is 0 Å². The summed E-state index contributed by atoms with van der Waals surface area (Å²) in [4.78, 5) is 8.15. The molecule has 0 atom stereocenters. The molecule has 0 saturated heterocycles. The number of halogens is 1. The molecule has 3 aromatic rings. The molecule has 98 valence electrons. The highest BCUT2D eigenvalue weighted by atomic mass is 19.1. The summed E-state index contributed by atoms with van der Waals surface area (Å²) in [5.74, 6) is -0.0229. The van der Waals surface area contributed by atoms with E-state index in [0.717, 1.165) is 11.1 Å². The molecule has 0 N–H and O–H groups in total. The van der Waals surface area contributed by atoms with Crippen molar-refractivity contribution in [2.45, 2.75) is 0 Å². The molecule has 0 aliphatic heterocycles. The highest BCUT2D eigenvalue weighted by molar-refractivity contribution is 5.59. The third-order valence-electron chi connectivity index (χ3n) is 2.55. The molecule has 0 fully saturated rings. The van der Waals surface area contributed by atoms with Crippen LogP contribution in [0.25, 0.3) is 11.1 Å². The Morgan fingerprint density at radius 2 is 1.75 bits per heavy atom. The Morgan fingerprint density at radius 1 is 0.900 bits per heavy atom. The third-order valence-corrected chi connectivity index (χ3v) is 2.55. The zero-order valence-corrected chi connectivity index (χ0v) is 10.3. The number of ether oxygens (including phenoxy) is 1. The highest BCUT2D eigenvalue weighted by Crippen LogP contribution is 2.20. The summed E-state index contributed by atoms with van der Waals surface area (Å²) in [5.41, 5.74) is 1.66. The number of nitrogens with zero attached hydrogens (tertiary/aromatic N) is 4. The van der Waals surface area contributed by atoms with Crippen LogP contribution in [0.3, 0.4) is 0 Å². The fourth-order valence-corrected chi connectivity index (χ4v) is 1.62. The van der Waals surface area contributed by atoms with E-state index in [4.69, 9.17) is 4.74 Å². The molecule has 3 rings (SSSR count). The molecule has 2 heterocycles. The van der Waals surface area contributed by atoms with Crippen molar-refractivity contribution in [2.75, 3.05) is 0 Å². The monoisotopic (exact) mass is 268 g/mol. The summed E-state index contributed by atoms with van der Waals surface area (Å²) in [6, 6.07) is 7.76. The van der Waals surface area contributed by atoms with Crippen molar-refractivity contribution in [3.63, 3.8) is 0 Å². The molecule has 2 aromatic heterocycles. The largest absolute Gasteiger partial charge is 0.424 e. The van der Waals surface area contributed by atoms with Gasteiger partial charge < -0.3 is 4.74 Å². The van der Waals surface area contributed by atoms with Crippen molar-refractivity contribution in [2.24, 2.45) is 0 Å². The quantitative estimate of drug-likeness (QED) is 0.731. The molecule has 6 heteroatoms. The van der Waals surface area contributed by atoms with Gasteiger partial charge >= 0.3 is 6.01 Å². The first-order valence-corrected chi connectivity index (χ1v) is 5.84. The number of aromatic nitrogens is 4. The number of benzene rings is 1. The lowest BCUT2D eigenvalue weighted by Gasteiger charge is -2.04. The second-order valence-electron chi connectivity index (χ2n) is 3.94. The fraction of sp³-hybridized carbons (Fsp3) is 0. The summed E-state index contributed by atoms with van der Waals surface area (Å²) in [7, 11) is 0. The van der Waals surface area contributed by atoms with E-state index in [1.807, 2.05) is 0 Å². The third kappa shape index (κ3) is 2.74. The second-order valence-corrected chi connectivity index (χ2v) is 3.94. The topological polar surface area (TPSA) is 60.8 Å². The number of hydrogen-bond acceptors (Lipinski definition) is 5. The predicted molar refractivity (Wildman–Crippen MR) is 69.5 cm³/mol. The molecule has 0 radical (unpaired) electrons. The summed E-state index contributed by atoms with van der Waals surface area (Å²) in [6.07, 6.45) is 6.43. The number of hydrogen-bond donors (Lipinski definition) is 0. The maximum atomic E-state index is 13.0. The minimum atomic E-state index is -0.373. The van der Waals surface area contributed by atoms with Crippen LogP contribution in [0.15, 0.2) is 55.1 Å². The average molecular weight is 268 g/mol. The Hall–Kier alpha value is -2.89. The molecular formula is C14H9FN4O. The van der Waals surface area contributed by atoms with Crippen molar-refractivity contribution in [3.05, 3.63) is 60.9 Å². The van der Waals surface area contributed by atoms with Crippen LogP contribution in [0.2, 0.25) is 0 Å². The first kappa shape index (κ1) is 12.2. The molecule has 0 amide bonds. The van der Waals surface area contributed by atoms with Gasteiger partial charge in [-0.3, -0.25) is 0 Å². The van der Waals surface area contributed by atoms with Gasteiger partial charge in [0.1, 0.15) is 11.6 Å². The Morgan fingerprint density at radius 3 is 2.45 bits per heavy atom. The molecular weight excluding hydrogens is 259 g/mol. The van der Waals surface area contributed by atoms with E-state index in [9.17, 15) is 4.39 Å². The zero-order chi connectivity index (χ0) is 13.8. The standard InChI is InChI=1S/C14H9FN4O/c15-12-2-1-3-13(6-12)20-14-16-7-11(8-17-14)10-4-5-18-19-9-10/h1-9H. The minimum absolute atomic E-state index is 0.154. The van der Waals surface area contributed by atoms with Gasteiger partial charge in [0.05, 0.1) is 12.4 Å². The summed E-state index contributed by atoms with van der Waals surface area (Å²) in [6.45, 7) is 0. The smallest absolute Gasteiger partial charge is 0.321 e. The molecule has 0 aliphatic carbocycles. The van der Waals surface area contributed by atoms with Gasteiger partial charge in [-0.25, -0.2) is 14.4 Å². The fourth-order valence-electron chi connectivity index (χ4n) is 1.62. The van der Waals surface area contributed by atoms with Gasteiger partial charge in [0, 0.05) is 29.6 Å². The van der Waals surface area contributed by atoms with Gasteiger partial charge in [-0.15, -0.1) is 0 Å². The molecule has 0 aliphatic rings. The Labute approximate surface area is 114 Å².